The lowest BCUT2D eigenvalue weighted by atomic mass is 10.2. The number of benzene rings is 1. The van der Waals surface area contributed by atoms with E-state index in [2.05, 4.69) is 0 Å². The van der Waals surface area contributed by atoms with Gasteiger partial charge >= 0.3 is 0 Å². The average molecular weight is 196 g/mol. The van der Waals surface area contributed by atoms with Gasteiger partial charge in [-0.1, -0.05) is 9.69 Å². The molecule has 7 heteroatoms. The molecule has 0 atom stereocenters. The largest absolute Gasteiger partial charge is 0.504 e. The first-order valence-corrected chi connectivity index (χ1v) is 3.72. The summed E-state index contributed by atoms with van der Waals surface area (Å²) >= 11 is 0. The summed E-state index contributed by atoms with van der Waals surface area (Å²) in [6.45, 7) is 0. The first kappa shape index (κ1) is 8.30. The fraction of sp³-hybridized carbons (Fsp3) is 0. The van der Waals surface area contributed by atoms with E-state index in [4.69, 9.17) is 16.4 Å². The maximum atomic E-state index is 9.46. The van der Waals surface area contributed by atoms with Crippen molar-refractivity contribution in [1.82, 2.24) is 9.69 Å². The van der Waals surface area contributed by atoms with Gasteiger partial charge in [0.05, 0.1) is 11.1 Å². The predicted molar refractivity (Wildman–Crippen MR) is 46.2 cm³/mol. The summed E-state index contributed by atoms with van der Waals surface area (Å²) in [4.78, 5) is 0.452. The number of nitrogens with zero attached hydrogens (tertiary/aromatic N) is 2. The topological polar surface area (TPSA) is 120 Å². The molecular formula is C7H8N4O3. The Morgan fingerprint density at radius 2 is 1.86 bits per heavy atom. The Bertz CT molecular complexity index is 568. The molecule has 2 rings (SSSR count). The van der Waals surface area contributed by atoms with Gasteiger partial charge in [-0.2, -0.15) is 0 Å². The van der Waals surface area contributed by atoms with Crippen LogP contribution in [0, 0.1) is 5.41 Å². The molecule has 1 aromatic heterocycles. The van der Waals surface area contributed by atoms with Crippen LogP contribution in [0.25, 0.3) is 10.9 Å². The minimum atomic E-state index is -0.369. The van der Waals surface area contributed by atoms with E-state index in [0.717, 1.165) is 0 Å². The molecular weight excluding hydrogens is 188 g/mol. The van der Waals surface area contributed by atoms with Crippen molar-refractivity contribution < 1.29 is 15.5 Å². The highest BCUT2D eigenvalue weighted by atomic mass is 16.6. The first-order valence-electron chi connectivity index (χ1n) is 3.72. The van der Waals surface area contributed by atoms with Crippen molar-refractivity contribution in [2.75, 3.05) is 5.73 Å². The van der Waals surface area contributed by atoms with Gasteiger partial charge in [0.2, 0.25) is 0 Å². The van der Waals surface area contributed by atoms with Gasteiger partial charge in [0, 0.05) is 0 Å². The SMILES string of the molecule is N=c1c2ccc(N)c(O)c2n(O)n1O. The van der Waals surface area contributed by atoms with Gasteiger partial charge in [0.25, 0.3) is 0 Å². The molecule has 1 aromatic carbocycles. The number of nitrogen functional groups attached to an aromatic ring is 1. The molecule has 0 spiro atoms. The maximum Gasteiger partial charge on any atom is 0.193 e. The van der Waals surface area contributed by atoms with E-state index < -0.39 is 0 Å². The van der Waals surface area contributed by atoms with Crippen molar-refractivity contribution in [2.45, 2.75) is 0 Å². The Hall–Kier alpha value is -2.31. The van der Waals surface area contributed by atoms with Gasteiger partial charge in [-0.15, -0.1) is 0 Å². The van der Waals surface area contributed by atoms with Crippen LogP contribution in [-0.4, -0.2) is 25.2 Å². The molecule has 0 aliphatic rings. The number of nitrogens with two attached hydrogens (primary N) is 1. The Labute approximate surface area is 77.2 Å². The molecule has 7 nitrogen and oxygen atoms in total. The quantitative estimate of drug-likeness (QED) is 0.225. The second-order valence-electron chi connectivity index (χ2n) is 2.83. The number of aromatic nitrogens is 2. The zero-order valence-electron chi connectivity index (χ0n) is 6.97. The summed E-state index contributed by atoms with van der Waals surface area (Å²) in [5.41, 5.74) is 5.01. The van der Waals surface area contributed by atoms with E-state index in [-0.39, 0.29) is 37.5 Å². The summed E-state index contributed by atoms with van der Waals surface area (Å²) in [6, 6.07) is 2.81. The monoisotopic (exact) mass is 196 g/mol. The lowest BCUT2D eigenvalue weighted by molar-refractivity contribution is -0.0108. The maximum absolute atomic E-state index is 9.46. The van der Waals surface area contributed by atoms with E-state index in [1.165, 1.54) is 12.1 Å². The van der Waals surface area contributed by atoms with Crippen molar-refractivity contribution in [3.8, 4) is 5.75 Å². The van der Waals surface area contributed by atoms with Crippen LogP contribution in [0.15, 0.2) is 12.1 Å². The minimum Gasteiger partial charge on any atom is -0.504 e. The number of anilines is 1. The van der Waals surface area contributed by atoms with Gasteiger partial charge in [0.1, 0.15) is 0 Å². The number of phenolic OH excluding ortho intramolecular Hbond substituents is 1. The molecule has 0 fully saturated rings. The third-order valence-corrected chi connectivity index (χ3v) is 2.02. The molecule has 1 heterocycles. The number of fused-ring (bicyclic) bond motifs is 1. The van der Waals surface area contributed by atoms with Gasteiger partial charge in [-0.05, 0) is 12.1 Å². The van der Waals surface area contributed by atoms with Crippen molar-refractivity contribution in [3.63, 3.8) is 0 Å². The predicted octanol–water partition coefficient (Wildman–Crippen LogP) is -0.315. The first-order chi connectivity index (χ1) is 6.54. The fourth-order valence-corrected chi connectivity index (χ4v) is 1.29. The minimum absolute atomic E-state index is 0.0610. The van der Waals surface area contributed by atoms with E-state index in [1.54, 1.807) is 0 Å². The van der Waals surface area contributed by atoms with Crippen molar-refractivity contribution in [1.29, 1.82) is 5.41 Å². The molecule has 0 bridgehead atoms. The molecule has 0 amide bonds. The van der Waals surface area contributed by atoms with Crippen LogP contribution < -0.4 is 11.2 Å². The number of hydrogen-bond donors (Lipinski definition) is 5. The molecule has 0 aliphatic carbocycles. The second kappa shape index (κ2) is 2.34. The van der Waals surface area contributed by atoms with Crippen LogP contribution in [0.5, 0.6) is 5.75 Å². The number of rotatable bonds is 0. The van der Waals surface area contributed by atoms with Crippen LogP contribution in [0.3, 0.4) is 0 Å². The van der Waals surface area contributed by atoms with E-state index >= 15 is 0 Å². The van der Waals surface area contributed by atoms with Crippen LogP contribution in [0.4, 0.5) is 5.69 Å². The molecule has 0 aliphatic heterocycles. The summed E-state index contributed by atoms with van der Waals surface area (Å²) < 4.78 is 0. The highest BCUT2D eigenvalue weighted by Crippen LogP contribution is 2.28. The van der Waals surface area contributed by atoms with Gasteiger partial charge in [-0.3, -0.25) is 5.41 Å². The Morgan fingerprint density at radius 3 is 2.50 bits per heavy atom. The average Bonchev–Trinajstić information content (AvgIpc) is 2.38. The smallest absolute Gasteiger partial charge is 0.193 e. The Kier molecular flexibility index (Phi) is 1.39. The zero-order chi connectivity index (χ0) is 10.5. The highest BCUT2D eigenvalue weighted by Gasteiger charge is 2.14. The standard InChI is InChI=1S/C7H8N4O3/c8-4-2-1-3-5(6(4)12)10(13)11(14)7(3)9/h1-2,9,12-14H,8H2. The number of hydrogen-bond acceptors (Lipinski definition) is 5. The van der Waals surface area contributed by atoms with Crippen molar-refractivity contribution in [3.05, 3.63) is 17.6 Å². The molecule has 0 unspecified atom stereocenters. The highest BCUT2D eigenvalue weighted by molar-refractivity contribution is 5.88. The molecule has 14 heavy (non-hydrogen) atoms. The van der Waals surface area contributed by atoms with Crippen LogP contribution in [-0.2, 0) is 0 Å². The van der Waals surface area contributed by atoms with Crippen molar-refractivity contribution >= 4 is 16.6 Å². The summed E-state index contributed by atoms with van der Waals surface area (Å²) in [5.74, 6) is -0.369. The van der Waals surface area contributed by atoms with Crippen LogP contribution in [0.2, 0.25) is 0 Å². The molecule has 74 valence electrons. The van der Waals surface area contributed by atoms with E-state index in [1.807, 2.05) is 0 Å². The van der Waals surface area contributed by atoms with Gasteiger partial charge < -0.3 is 21.3 Å². The fourth-order valence-electron chi connectivity index (χ4n) is 1.29. The van der Waals surface area contributed by atoms with Gasteiger partial charge in [0.15, 0.2) is 16.8 Å². The third kappa shape index (κ3) is 0.777. The lowest BCUT2D eigenvalue weighted by Gasteiger charge is -2.00. The summed E-state index contributed by atoms with van der Waals surface area (Å²) in [6.07, 6.45) is 0. The number of nitrogens with one attached hydrogen (secondary N) is 1. The lowest BCUT2D eigenvalue weighted by Crippen LogP contribution is -2.18. The zero-order valence-corrected chi connectivity index (χ0v) is 6.97. The second-order valence-corrected chi connectivity index (χ2v) is 2.83. The molecule has 0 saturated heterocycles. The van der Waals surface area contributed by atoms with Crippen LogP contribution >= 0.6 is 0 Å². The Balaban J connectivity index is 3.11. The molecule has 2 aromatic rings. The van der Waals surface area contributed by atoms with E-state index in [0.29, 0.717) is 0 Å². The van der Waals surface area contributed by atoms with E-state index in [9.17, 15) is 10.3 Å². The molecule has 6 N–H and O–H groups in total. The molecule has 0 radical (unpaired) electrons. The normalized spacial score (nSPS) is 10.9. The summed E-state index contributed by atoms with van der Waals surface area (Å²) in [7, 11) is 0. The third-order valence-electron chi connectivity index (χ3n) is 2.02. The molecule has 0 saturated carbocycles. The van der Waals surface area contributed by atoms with Crippen molar-refractivity contribution in [2.24, 2.45) is 0 Å². The summed E-state index contributed by atoms with van der Waals surface area (Å²) in [5, 5.41) is 35.4. The van der Waals surface area contributed by atoms with Crippen LogP contribution in [0.1, 0.15) is 0 Å². The van der Waals surface area contributed by atoms with Gasteiger partial charge in [-0.25, -0.2) is 0 Å². The number of phenols is 1. The number of aromatic hydroxyl groups is 1. The Morgan fingerprint density at radius 1 is 1.21 bits per heavy atom.